The fourth-order valence-electron chi connectivity index (χ4n) is 2.95. The van der Waals surface area contributed by atoms with Crippen LogP contribution in [0.3, 0.4) is 0 Å². The molecule has 0 bridgehead atoms. The lowest BCUT2D eigenvalue weighted by Crippen LogP contribution is -2.19. The zero-order valence-corrected chi connectivity index (χ0v) is 19.7. The number of amides is 1. The Hall–Kier alpha value is -3.82. The number of allylic oxidation sites excluding steroid dienone is 1. The van der Waals surface area contributed by atoms with E-state index in [1.54, 1.807) is 43.7 Å². The lowest BCUT2D eigenvalue weighted by Gasteiger charge is -2.11. The second-order valence-corrected chi connectivity index (χ2v) is 8.20. The first-order valence-corrected chi connectivity index (χ1v) is 11.5. The van der Waals surface area contributed by atoms with Crippen molar-refractivity contribution >= 4 is 41.6 Å². The number of carbonyl (C=O) groups is 1. The average molecular weight is 494 g/mol. The van der Waals surface area contributed by atoms with E-state index in [1.165, 1.54) is 18.0 Å². The van der Waals surface area contributed by atoms with Gasteiger partial charge in [-0.2, -0.15) is 5.10 Å². The fraction of sp³-hybridized carbons (Fsp3) is 0.0833. The lowest BCUT2D eigenvalue weighted by atomic mass is 10.2. The summed E-state index contributed by atoms with van der Waals surface area (Å²) in [6, 6.07) is 18.5. The lowest BCUT2D eigenvalue weighted by molar-refractivity contribution is -0.118. The molecule has 34 heavy (non-hydrogen) atoms. The molecule has 2 aromatic heterocycles. The van der Waals surface area contributed by atoms with Crippen LogP contribution in [0.1, 0.15) is 5.76 Å². The van der Waals surface area contributed by atoms with E-state index in [9.17, 15) is 4.79 Å². The molecule has 172 valence electrons. The summed E-state index contributed by atoms with van der Waals surface area (Å²) >= 11 is 7.32. The number of nitrogens with one attached hydrogen (secondary N) is 1. The van der Waals surface area contributed by atoms with Gasteiger partial charge in [0.1, 0.15) is 11.5 Å². The Balaban J connectivity index is 1.48. The van der Waals surface area contributed by atoms with Crippen LogP contribution >= 0.6 is 23.4 Å². The SMILES string of the molecule is COc1ccc(-c2nnc(SCC(=O)NN=CC=Cc3ccco3)n2-c2ccc(Cl)cc2)cc1. The molecule has 10 heteroatoms. The van der Waals surface area contributed by atoms with Gasteiger partial charge in [0.2, 0.25) is 0 Å². The Kier molecular flexibility index (Phi) is 7.79. The molecule has 1 amide bonds. The standard InChI is InChI=1S/C24H20ClN5O3S/c1-32-20-12-6-17(7-13-20)23-28-29-24(30(23)19-10-8-18(25)9-11-19)34-16-22(31)27-26-14-2-4-21-5-3-15-33-21/h2-15H,16H2,1H3,(H,27,31). The molecule has 4 rings (SSSR count). The number of hydrogen-bond donors (Lipinski definition) is 1. The molecule has 1 N–H and O–H groups in total. The summed E-state index contributed by atoms with van der Waals surface area (Å²) in [5.41, 5.74) is 4.17. The van der Waals surface area contributed by atoms with Crippen LogP contribution in [0.15, 0.2) is 87.7 Å². The third-order valence-electron chi connectivity index (χ3n) is 4.55. The molecule has 2 aromatic carbocycles. The van der Waals surface area contributed by atoms with Crippen molar-refractivity contribution < 1.29 is 13.9 Å². The van der Waals surface area contributed by atoms with E-state index in [-0.39, 0.29) is 11.7 Å². The minimum atomic E-state index is -0.274. The molecule has 0 fully saturated rings. The zero-order chi connectivity index (χ0) is 23.8. The molecule has 0 radical (unpaired) electrons. The van der Waals surface area contributed by atoms with Gasteiger partial charge in [-0.25, -0.2) is 5.43 Å². The van der Waals surface area contributed by atoms with Gasteiger partial charge in [-0.1, -0.05) is 23.4 Å². The van der Waals surface area contributed by atoms with Gasteiger partial charge < -0.3 is 9.15 Å². The summed E-state index contributed by atoms with van der Waals surface area (Å²) in [6.07, 6.45) is 6.46. The molecule has 4 aromatic rings. The van der Waals surface area contributed by atoms with Crippen LogP contribution in [0.5, 0.6) is 5.75 Å². The number of halogens is 1. The van der Waals surface area contributed by atoms with E-state index < -0.39 is 0 Å². The van der Waals surface area contributed by atoms with Gasteiger partial charge >= 0.3 is 0 Å². The Morgan fingerprint density at radius 3 is 2.68 bits per heavy atom. The highest BCUT2D eigenvalue weighted by atomic mass is 35.5. The summed E-state index contributed by atoms with van der Waals surface area (Å²) in [5, 5.41) is 13.8. The Morgan fingerprint density at radius 1 is 1.18 bits per heavy atom. The topological polar surface area (TPSA) is 94.5 Å². The van der Waals surface area contributed by atoms with Crippen LogP contribution in [-0.4, -0.2) is 39.7 Å². The summed E-state index contributed by atoms with van der Waals surface area (Å²) < 4.78 is 12.3. The number of hydrazone groups is 1. The second-order valence-electron chi connectivity index (χ2n) is 6.82. The number of benzene rings is 2. The quantitative estimate of drug-likeness (QED) is 0.198. The van der Waals surface area contributed by atoms with Crippen LogP contribution in [0.4, 0.5) is 0 Å². The normalized spacial score (nSPS) is 11.4. The summed E-state index contributed by atoms with van der Waals surface area (Å²) in [7, 11) is 1.62. The fourth-order valence-corrected chi connectivity index (χ4v) is 3.82. The van der Waals surface area contributed by atoms with Gasteiger partial charge in [0.05, 0.1) is 19.1 Å². The molecule has 8 nitrogen and oxygen atoms in total. The molecule has 0 aliphatic heterocycles. The van der Waals surface area contributed by atoms with Crippen molar-refractivity contribution in [1.82, 2.24) is 20.2 Å². The molecule has 2 heterocycles. The number of thioether (sulfide) groups is 1. The van der Waals surface area contributed by atoms with Crippen molar-refractivity contribution in [1.29, 1.82) is 0 Å². The first kappa shape index (κ1) is 23.3. The van der Waals surface area contributed by atoms with Crippen LogP contribution in [0, 0.1) is 0 Å². The van der Waals surface area contributed by atoms with Gasteiger partial charge in [-0.05, 0) is 72.8 Å². The summed E-state index contributed by atoms with van der Waals surface area (Å²) in [4.78, 5) is 12.3. The van der Waals surface area contributed by atoms with Crippen LogP contribution in [0.2, 0.25) is 5.02 Å². The number of aromatic nitrogens is 3. The van der Waals surface area contributed by atoms with Crippen molar-refractivity contribution in [2.24, 2.45) is 5.10 Å². The number of furan rings is 1. The highest BCUT2D eigenvalue weighted by Gasteiger charge is 2.17. The zero-order valence-electron chi connectivity index (χ0n) is 18.1. The van der Waals surface area contributed by atoms with Crippen molar-refractivity contribution in [2.45, 2.75) is 5.16 Å². The summed E-state index contributed by atoms with van der Waals surface area (Å²) in [5.74, 6) is 1.90. The second kappa shape index (κ2) is 11.4. The number of rotatable bonds is 9. The predicted octanol–water partition coefficient (Wildman–Crippen LogP) is 5.10. The number of hydrogen-bond acceptors (Lipinski definition) is 7. The first-order valence-electron chi connectivity index (χ1n) is 10.1. The number of methoxy groups -OCH3 is 1. The largest absolute Gasteiger partial charge is 0.497 e. The molecular weight excluding hydrogens is 474 g/mol. The maximum atomic E-state index is 12.3. The molecule has 0 saturated carbocycles. The Morgan fingerprint density at radius 2 is 1.97 bits per heavy atom. The third kappa shape index (κ3) is 5.94. The minimum absolute atomic E-state index is 0.105. The highest BCUT2D eigenvalue weighted by molar-refractivity contribution is 7.99. The van der Waals surface area contributed by atoms with Gasteiger partial charge in [-0.15, -0.1) is 10.2 Å². The smallest absolute Gasteiger partial charge is 0.250 e. The Labute approximate surface area is 205 Å². The third-order valence-corrected chi connectivity index (χ3v) is 5.73. The number of carbonyl (C=O) groups excluding carboxylic acids is 1. The van der Waals surface area contributed by atoms with Gasteiger partial charge in [0.15, 0.2) is 11.0 Å². The molecule has 0 spiro atoms. The van der Waals surface area contributed by atoms with Gasteiger partial charge in [0, 0.05) is 22.5 Å². The van der Waals surface area contributed by atoms with Crippen molar-refractivity contribution in [3.63, 3.8) is 0 Å². The maximum absolute atomic E-state index is 12.3. The van der Waals surface area contributed by atoms with Crippen LogP contribution in [0.25, 0.3) is 23.2 Å². The molecule has 0 atom stereocenters. The monoisotopic (exact) mass is 493 g/mol. The highest BCUT2D eigenvalue weighted by Crippen LogP contribution is 2.29. The van der Waals surface area contributed by atoms with E-state index in [2.05, 4.69) is 20.7 Å². The van der Waals surface area contributed by atoms with Gasteiger partial charge in [0.25, 0.3) is 5.91 Å². The number of ether oxygens (including phenoxy) is 1. The first-order chi connectivity index (χ1) is 16.6. The van der Waals surface area contributed by atoms with E-state index in [0.29, 0.717) is 21.8 Å². The van der Waals surface area contributed by atoms with E-state index in [4.69, 9.17) is 20.8 Å². The molecular formula is C24H20ClN5O3S. The maximum Gasteiger partial charge on any atom is 0.250 e. The van der Waals surface area contributed by atoms with E-state index >= 15 is 0 Å². The molecule has 0 aliphatic rings. The molecule has 0 saturated heterocycles. The molecule has 0 aliphatic carbocycles. The van der Waals surface area contributed by atoms with Crippen molar-refractivity contribution in [3.8, 4) is 22.8 Å². The van der Waals surface area contributed by atoms with Gasteiger partial charge in [-0.3, -0.25) is 9.36 Å². The Bertz CT molecular complexity index is 1280. The predicted molar refractivity (Wildman–Crippen MR) is 133 cm³/mol. The summed E-state index contributed by atoms with van der Waals surface area (Å²) in [6.45, 7) is 0. The van der Waals surface area contributed by atoms with E-state index in [0.717, 1.165) is 17.0 Å². The minimum Gasteiger partial charge on any atom is -0.497 e. The van der Waals surface area contributed by atoms with E-state index in [1.807, 2.05) is 47.0 Å². The number of nitrogens with zero attached hydrogens (tertiary/aromatic N) is 4. The van der Waals surface area contributed by atoms with Crippen molar-refractivity contribution in [3.05, 3.63) is 83.8 Å². The molecule has 0 unspecified atom stereocenters. The van der Waals surface area contributed by atoms with Crippen LogP contribution < -0.4 is 10.2 Å². The van der Waals surface area contributed by atoms with Crippen molar-refractivity contribution in [2.75, 3.05) is 12.9 Å². The van der Waals surface area contributed by atoms with Crippen LogP contribution in [-0.2, 0) is 4.79 Å². The average Bonchev–Trinajstić information content (AvgIpc) is 3.53.